The van der Waals surface area contributed by atoms with Gasteiger partial charge in [0, 0.05) is 37.8 Å². The number of carbonyl (C=O) groups is 1. The molecule has 0 aliphatic carbocycles. The Hall–Kier alpha value is -2.69. The second kappa shape index (κ2) is 8.68. The molecule has 11 heteroatoms. The molecule has 0 spiro atoms. The Morgan fingerprint density at radius 3 is 2.50 bits per heavy atom. The van der Waals surface area contributed by atoms with E-state index in [9.17, 15) is 17.6 Å². The highest BCUT2D eigenvalue weighted by Gasteiger charge is 2.38. The number of rotatable bonds is 6. The third-order valence-electron chi connectivity index (χ3n) is 6.06. The smallest absolute Gasteiger partial charge is 0.324 e. The Bertz CT molecular complexity index is 1100. The third-order valence-corrected chi connectivity index (χ3v) is 7.17. The van der Waals surface area contributed by atoms with E-state index in [2.05, 4.69) is 15.5 Å². The van der Waals surface area contributed by atoms with E-state index in [4.69, 9.17) is 4.52 Å². The fourth-order valence-electron chi connectivity index (χ4n) is 4.19. The average Bonchev–Trinajstić information content (AvgIpc) is 3.37. The van der Waals surface area contributed by atoms with Crippen LogP contribution in [0.4, 0.5) is 16.1 Å². The van der Waals surface area contributed by atoms with Gasteiger partial charge in [0.05, 0.1) is 10.6 Å². The second-order valence-corrected chi connectivity index (χ2v) is 10.8. The van der Waals surface area contributed by atoms with E-state index in [1.807, 2.05) is 23.6 Å². The molecule has 2 fully saturated rings. The van der Waals surface area contributed by atoms with Crippen molar-refractivity contribution in [1.82, 2.24) is 15.0 Å². The lowest BCUT2D eigenvalue weighted by Crippen LogP contribution is -2.47. The summed E-state index contributed by atoms with van der Waals surface area (Å²) in [7, 11) is -3.49. The molecule has 1 atom stereocenters. The van der Waals surface area contributed by atoms with Gasteiger partial charge in [-0.3, -0.25) is 4.79 Å². The van der Waals surface area contributed by atoms with Crippen molar-refractivity contribution in [3.63, 3.8) is 0 Å². The Labute approximate surface area is 186 Å². The number of anilines is 2. The van der Waals surface area contributed by atoms with Gasteiger partial charge in [-0.25, -0.2) is 12.8 Å². The molecule has 1 aromatic carbocycles. The van der Waals surface area contributed by atoms with Gasteiger partial charge in [-0.15, -0.1) is 0 Å². The normalized spacial score (nSPS) is 20.4. The summed E-state index contributed by atoms with van der Waals surface area (Å²) in [6.07, 6.45) is 3.17. The topological polar surface area (TPSA) is 109 Å². The van der Waals surface area contributed by atoms with Crippen LogP contribution in [-0.2, 0) is 14.6 Å². The lowest BCUT2D eigenvalue weighted by atomic mass is 10.0. The molecule has 9 nitrogen and oxygen atoms in total. The van der Waals surface area contributed by atoms with Crippen molar-refractivity contribution in [2.24, 2.45) is 0 Å². The molecule has 174 valence electrons. The molecule has 2 saturated heterocycles. The fraction of sp³-hybridized carbons (Fsp3) is 0.571. The van der Waals surface area contributed by atoms with E-state index >= 15 is 0 Å². The van der Waals surface area contributed by atoms with Crippen molar-refractivity contribution < 1.29 is 22.1 Å². The van der Waals surface area contributed by atoms with Crippen molar-refractivity contribution in [2.75, 3.05) is 36.1 Å². The highest BCUT2D eigenvalue weighted by Crippen LogP contribution is 2.28. The number of nitrogens with zero attached hydrogens (tertiary/aromatic N) is 4. The predicted molar refractivity (Wildman–Crippen MR) is 117 cm³/mol. The molecule has 2 aliphatic heterocycles. The first-order valence-electron chi connectivity index (χ1n) is 10.8. The summed E-state index contributed by atoms with van der Waals surface area (Å²) < 4.78 is 42.9. The quantitative estimate of drug-likeness (QED) is 0.693. The minimum absolute atomic E-state index is 0.0603. The molecule has 0 bridgehead atoms. The number of amides is 1. The number of carbonyl (C=O) groups excluding carboxylic acids is 1. The molecule has 1 aromatic heterocycles. The summed E-state index contributed by atoms with van der Waals surface area (Å²) in [5, 5.41) is 6.96. The lowest BCUT2D eigenvalue weighted by Gasteiger charge is -2.36. The Morgan fingerprint density at radius 2 is 1.91 bits per heavy atom. The van der Waals surface area contributed by atoms with E-state index in [1.54, 1.807) is 0 Å². The molecule has 4 rings (SSSR count). The minimum atomic E-state index is -3.49. The van der Waals surface area contributed by atoms with Crippen LogP contribution in [0.1, 0.15) is 44.9 Å². The zero-order valence-electron chi connectivity index (χ0n) is 18.4. The van der Waals surface area contributed by atoms with Crippen LogP contribution in [-0.4, -0.2) is 67.3 Å². The van der Waals surface area contributed by atoms with Crippen LogP contribution < -0.4 is 10.2 Å². The first kappa shape index (κ1) is 22.5. The summed E-state index contributed by atoms with van der Waals surface area (Å²) in [5.74, 6) is 0.134. The van der Waals surface area contributed by atoms with Crippen molar-refractivity contribution >= 4 is 27.4 Å². The number of likely N-dealkylation sites (tertiary alicyclic amines) is 1. The van der Waals surface area contributed by atoms with Crippen LogP contribution in [0.5, 0.6) is 0 Å². The molecule has 3 heterocycles. The predicted octanol–water partition coefficient (Wildman–Crippen LogP) is 2.42. The average molecular weight is 466 g/mol. The summed E-state index contributed by atoms with van der Waals surface area (Å²) >= 11 is 0. The number of hydrogen-bond donors (Lipinski definition) is 1. The molecule has 2 aliphatic rings. The number of sulfone groups is 1. The zero-order chi connectivity index (χ0) is 23.0. The van der Waals surface area contributed by atoms with Gasteiger partial charge in [-0.2, -0.15) is 4.98 Å². The van der Waals surface area contributed by atoms with Gasteiger partial charge in [0.1, 0.15) is 11.9 Å². The monoisotopic (exact) mass is 465 g/mol. The maximum absolute atomic E-state index is 14.4. The SMILES string of the molecule is CC(C)c1noc(N2CCC(N3CC[C@H](Nc4ccc(S(C)(=O)=O)cc4F)C3=O)CC2)n1. The molecule has 32 heavy (non-hydrogen) atoms. The molecule has 0 unspecified atom stereocenters. The summed E-state index contributed by atoms with van der Waals surface area (Å²) in [5.41, 5.74) is 0.129. The highest BCUT2D eigenvalue weighted by molar-refractivity contribution is 7.90. The molecule has 0 saturated carbocycles. The number of halogens is 1. The van der Waals surface area contributed by atoms with Crippen LogP contribution in [0.2, 0.25) is 0 Å². The van der Waals surface area contributed by atoms with Gasteiger partial charge >= 0.3 is 6.01 Å². The number of nitrogens with one attached hydrogen (secondary N) is 1. The maximum atomic E-state index is 14.4. The Morgan fingerprint density at radius 1 is 1.19 bits per heavy atom. The van der Waals surface area contributed by atoms with Crippen molar-refractivity contribution in [3.8, 4) is 0 Å². The van der Waals surface area contributed by atoms with Crippen molar-refractivity contribution in [2.45, 2.75) is 56.0 Å². The van der Waals surface area contributed by atoms with Gasteiger partial charge in [0.2, 0.25) is 5.91 Å². The first-order valence-corrected chi connectivity index (χ1v) is 12.7. The van der Waals surface area contributed by atoms with E-state index in [0.29, 0.717) is 37.9 Å². The van der Waals surface area contributed by atoms with Gasteiger partial charge in [0.25, 0.3) is 0 Å². The molecule has 0 radical (unpaired) electrons. The number of aromatic nitrogens is 2. The standard InChI is InChI=1S/C21H28FN5O4S/c1-13(2)19-24-21(31-25-19)26-9-6-14(7-10-26)27-11-8-18(20(27)28)23-17-5-4-15(12-16(17)22)32(3,29)30/h4-5,12-14,18,23H,6-11H2,1-3H3/t18-/m0/s1. The van der Waals surface area contributed by atoms with Crippen LogP contribution in [0.25, 0.3) is 0 Å². The molecular formula is C21H28FN5O4S. The minimum Gasteiger partial charge on any atom is -0.371 e. The van der Waals surface area contributed by atoms with Crippen LogP contribution in [0.3, 0.4) is 0 Å². The molecule has 1 amide bonds. The summed E-state index contributed by atoms with van der Waals surface area (Å²) in [4.78, 5) is 21.2. The van der Waals surface area contributed by atoms with E-state index in [0.717, 1.165) is 25.2 Å². The molecular weight excluding hydrogens is 437 g/mol. The van der Waals surface area contributed by atoms with Crippen LogP contribution in [0.15, 0.2) is 27.6 Å². The number of piperidine rings is 1. The molecule has 2 aromatic rings. The Balaban J connectivity index is 1.35. The maximum Gasteiger partial charge on any atom is 0.324 e. The van der Waals surface area contributed by atoms with Gasteiger partial charge in [-0.05, 0) is 37.5 Å². The third kappa shape index (κ3) is 4.57. The van der Waals surface area contributed by atoms with Gasteiger partial charge < -0.3 is 19.6 Å². The first-order chi connectivity index (χ1) is 15.1. The number of benzene rings is 1. The van der Waals surface area contributed by atoms with Crippen molar-refractivity contribution in [1.29, 1.82) is 0 Å². The van der Waals surface area contributed by atoms with E-state index < -0.39 is 21.7 Å². The van der Waals surface area contributed by atoms with Crippen molar-refractivity contribution in [3.05, 3.63) is 29.8 Å². The Kier molecular flexibility index (Phi) is 6.11. The van der Waals surface area contributed by atoms with E-state index in [1.165, 1.54) is 12.1 Å². The second-order valence-electron chi connectivity index (χ2n) is 8.74. The number of hydrogen-bond acceptors (Lipinski definition) is 8. The fourth-order valence-corrected chi connectivity index (χ4v) is 4.82. The highest BCUT2D eigenvalue weighted by atomic mass is 32.2. The van der Waals surface area contributed by atoms with Crippen LogP contribution >= 0.6 is 0 Å². The lowest BCUT2D eigenvalue weighted by molar-refractivity contribution is -0.130. The van der Waals surface area contributed by atoms with E-state index in [-0.39, 0.29) is 28.4 Å². The largest absolute Gasteiger partial charge is 0.371 e. The zero-order valence-corrected chi connectivity index (χ0v) is 19.2. The summed E-state index contributed by atoms with van der Waals surface area (Å²) in [6.45, 7) is 6.05. The molecule has 1 N–H and O–H groups in total. The van der Waals surface area contributed by atoms with Crippen LogP contribution in [0, 0.1) is 5.82 Å². The summed E-state index contributed by atoms with van der Waals surface area (Å²) in [6, 6.07) is 3.79. The van der Waals surface area contributed by atoms with Gasteiger partial charge in [-0.1, -0.05) is 19.0 Å². The van der Waals surface area contributed by atoms with Gasteiger partial charge in [0.15, 0.2) is 15.7 Å².